The van der Waals surface area contributed by atoms with Gasteiger partial charge < -0.3 is 9.88 Å². The molecule has 3 heterocycles. The number of nitrogens with zero attached hydrogens (tertiary/aromatic N) is 4. The number of fused-ring (bicyclic) bond motifs is 2. The minimum Gasteiger partial charge on any atom is -0.324 e. The number of H-pyrrole nitrogens is 1. The van der Waals surface area contributed by atoms with Gasteiger partial charge in [0.1, 0.15) is 5.82 Å². The van der Waals surface area contributed by atoms with Crippen molar-refractivity contribution >= 4 is 33.7 Å². The Labute approximate surface area is 209 Å². The number of pyridine rings is 1. The van der Waals surface area contributed by atoms with E-state index >= 15 is 0 Å². The van der Waals surface area contributed by atoms with Gasteiger partial charge in [-0.05, 0) is 31.9 Å². The van der Waals surface area contributed by atoms with E-state index in [1.54, 1.807) is 4.57 Å². The predicted molar refractivity (Wildman–Crippen MR) is 142 cm³/mol. The van der Waals surface area contributed by atoms with Crippen LogP contribution in [0.25, 0.3) is 22.1 Å². The topological polar surface area (TPSA) is 115 Å². The number of rotatable bonds is 11. The summed E-state index contributed by atoms with van der Waals surface area (Å²) in [6.45, 7) is 7.19. The average Bonchev–Trinajstić information content (AvgIpc) is 3.22. The second kappa shape index (κ2) is 11.3. The average molecular weight is 491 g/mol. The molecule has 0 saturated heterocycles. The van der Waals surface area contributed by atoms with E-state index in [0.717, 1.165) is 48.7 Å². The maximum atomic E-state index is 12.9. The molecule has 0 aliphatic rings. The van der Waals surface area contributed by atoms with E-state index in [1.165, 1.54) is 0 Å². The van der Waals surface area contributed by atoms with Crippen LogP contribution in [0.4, 0.5) is 5.69 Å². The SMILES string of the molecule is CCCCCn1c(CCC(=O)Nc2cccc3ccc(C)nc23)nc2c1c(=O)[nH]c(=O)n2CCCC. The summed E-state index contributed by atoms with van der Waals surface area (Å²) in [5.41, 5.74) is 2.24. The number of hydrogen-bond acceptors (Lipinski definition) is 5. The van der Waals surface area contributed by atoms with E-state index in [0.29, 0.717) is 42.2 Å². The number of anilines is 1. The van der Waals surface area contributed by atoms with Gasteiger partial charge in [0.2, 0.25) is 5.91 Å². The first-order chi connectivity index (χ1) is 17.4. The Morgan fingerprint density at radius 2 is 1.75 bits per heavy atom. The van der Waals surface area contributed by atoms with Gasteiger partial charge >= 0.3 is 5.69 Å². The number of benzene rings is 1. The largest absolute Gasteiger partial charge is 0.330 e. The molecule has 0 bridgehead atoms. The van der Waals surface area contributed by atoms with Crippen LogP contribution in [-0.4, -0.2) is 30.0 Å². The third kappa shape index (κ3) is 5.40. The smallest absolute Gasteiger partial charge is 0.324 e. The fourth-order valence-corrected chi connectivity index (χ4v) is 4.48. The van der Waals surface area contributed by atoms with Crippen LogP contribution in [0.15, 0.2) is 39.9 Å². The quantitative estimate of drug-likeness (QED) is 0.304. The maximum Gasteiger partial charge on any atom is 0.330 e. The Morgan fingerprint density at radius 1 is 0.972 bits per heavy atom. The second-order valence-corrected chi connectivity index (χ2v) is 9.20. The van der Waals surface area contributed by atoms with Crippen molar-refractivity contribution in [3.05, 3.63) is 62.7 Å². The first-order valence-corrected chi connectivity index (χ1v) is 12.8. The highest BCUT2D eigenvalue weighted by Crippen LogP contribution is 2.22. The minimum atomic E-state index is -0.442. The van der Waals surface area contributed by atoms with Crippen molar-refractivity contribution in [2.45, 2.75) is 78.8 Å². The lowest BCUT2D eigenvalue weighted by atomic mass is 10.1. The van der Waals surface area contributed by atoms with Crippen molar-refractivity contribution in [1.29, 1.82) is 0 Å². The molecule has 0 aliphatic carbocycles. The summed E-state index contributed by atoms with van der Waals surface area (Å²) in [7, 11) is 0. The first kappa shape index (κ1) is 25.3. The molecule has 4 rings (SSSR count). The van der Waals surface area contributed by atoms with E-state index < -0.39 is 11.2 Å². The van der Waals surface area contributed by atoms with Crippen molar-refractivity contribution in [2.24, 2.45) is 0 Å². The van der Waals surface area contributed by atoms with Gasteiger partial charge in [-0.15, -0.1) is 0 Å². The molecule has 190 valence electrons. The molecule has 0 spiro atoms. The molecule has 9 nitrogen and oxygen atoms in total. The van der Waals surface area contributed by atoms with Gasteiger partial charge in [0.05, 0.1) is 11.2 Å². The van der Waals surface area contributed by atoms with Gasteiger partial charge in [0, 0.05) is 37.0 Å². The molecular formula is C27H34N6O3. The second-order valence-electron chi connectivity index (χ2n) is 9.20. The van der Waals surface area contributed by atoms with Gasteiger partial charge in [-0.1, -0.05) is 51.3 Å². The maximum absolute atomic E-state index is 12.9. The number of carbonyl (C=O) groups excluding carboxylic acids is 1. The normalized spacial score (nSPS) is 11.4. The van der Waals surface area contributed by atoms with E-state index in [2.05, 4.69) is 22.2 Å². The number of nitrogens with one attached hydrogen (secondary N) is 2. The van der Waals surface area contributed by atoms with Gasteiger partial charge in [-0.3, -0.25) is 24.1 Å². The molecule has 0 saturated carbocycles. The highest BCUT2D eigenvalue weighted by molar-refractivity contribution is 6.00. The lowest BCUT2D eigenvalue weighted by Crippen LogP contribution is -2.31. The molecule has 2 N–H and O–H groups in total. The number of carbonyl (C=O) groups is 1. The predicted octanol–water partition coefficient (Wildman–Crippen LogP) is 4.30. The van der Waals surface area contributed by atoms with Crippen molar-refractivity contribution in [3.8, 4) is 0 Å². The van der Waals surface area contributed by atoms with Crippen LogP contribution in [0, 0.1) is 6.92 Å². The van der Waals surface area contributed by atoms with Crippen LogP contribution < -0.4 is 16.6 Å². The number of aryl methyl sites for hydroxylation is 4. The zero-order valence-corrected chi connectivity index (χ0v) is 21.3. The molecule has 36 heavy (non-hydrogen) atoms. The third-order valence-corrected chi connectivity index (χ3v) is 6.39. The number of aromatic nitrogens is 5. The van der Waals surface area contributed by atoms with Crippen LogP contribution in [0.2, 0.25) is 0 Å². The van der Waals surface area contributed by atoms with Crippen LogP contribution in [0.1, 0.15) is 63.9 Å². The number of imidazole rings is 1. The fourth-order valence-electron chi connectivity index (χ4n) is 4.48. The van der Waals surface area contributed by atoms with Crippen LogP contribution in [-0.2, 0) is 24.3 Å². The number of aromatic amines is 1. The summed E-state index contributed by atoms with van der Waals surface area (Å²) >= 11 is 0. The van der Waals surface area contributed by atoms with Crippen molar-refractivity contribution in [2.75, 3.05) is 5.32 Å². The molecule has 0 fully saturated rings. The monoisotopic (exact) mass is 490 g/mol. The standard InChI is InChI=1S/C27H34N6O3/c1-4-6-8-17-32-21(30-25-24(32)26(35)31-27(36)33(25)16-7-5-2)14-15-22(34)29-20-11-9-10-19-13-12-18(3)28-23(19)20/h9-13H,4-8,14-17H2,1-3H3,(H,29,34)(H,31,35,36). The summed E-state index contributed by atoms with van der Waals surface area (Å²) in [5, 5.41) is 3.94. The van der Waals surface area contributed by atoms with Gasteiger partial charge in [0.15, 0.2) is 11.2 Å². The summed E-state index contributed by atoms with van der Waals surface area (Å²) in [6.07, 6.45) is 5.21. The summed E-state index contributed by atoms with van der Waals surface area (Å²) in [5.74, 6) is 0.486. The van der Waals surface area contributed by atoms with E-state index in [4.69, 9.17) is 4.98 Å². The molecule has 1 aromatic carbocycles. The Bertz CT molecular complexity index is 1500. The number of para-hydroxylation sites is 1. The molecule has 3 aromatic heterocycles. The van der Waals surface area contributed by atoms with Gasteiger partial charge in [-0.2, -0.15) is 0 Å². The minimum absolute atomic E-state index is 0.157. The van der Waals surface area contributed by atoms with Crippen molar-refractivity contribution < 1.29 is 4.79 Å². The molecule has 0 atom stereocenters. The van der Waals surface area contributed by atoms with Crippen LogP contribution in [0.3, 0.4) is 0 Å². The van der Waals surface area contributed by atoms with Crippen LogP contribution in [0.5, 0.6) is 0 Å². The number of hydrogen-bond donors (Lipinski definition) is 2. The summed E-state index contributed by atoms with van der Waals surface area (Å²) in [6, 6.07) is 9.63. The third-order valence-electron chi connectivity index (χ3n) is 6.39. The fraction of sp³-hybridized carbons (Fsp3) is 0.444. The lowest BCUT2D eigenvalue weighted by molar-refractivity contribution is -0.116. The number of amides is 1. The summed E-state index contributed by atoms with van der Waals surface area (Å²) < 4.78 is 3.44. The van der Waals surface area contributed by atoms with Gasteiger partial charge in [0.25, 0.3) is 5.56 Å². The molecule has 4 aromatic rings. The zero-order chi connectivity index (χ0) is 25.7. The van der Waals surface area contributed by atoms with E-state index in [1.807, 2.05) is 48.7 Å². The highest BCUT2D eigenvalue weighted by Gasteiger charge is 2.19. The number of unbranched alkanes of at least 4 members (excludes halogenated alkanes) is 3. The molecule has 9 heteroatoms. The highest BCUT2D eigenvalue weighted by atomic mass is 16.2. The first-order valence-electron chi connectivity index (χ1n) is 12.8. The Balaban J connectivity index is 1.62. The van der Waals surface area contributed by atoms with E-state index in [-0.39, 0.29) is 12.3 Å². The molecular weight excluding hydrogens is 456 g/mol. The Morgan fingerprint density at radius 3 is 2.53 bits per heavy atom. The zero-order valence-electron chi connectivity index (χ0n) is 21.3. The van der Waals surface area contributed by atoms with Crippen molar-refractivity contribution in [1.82, 2.24) is 24.1 Å². The van der Waals surface area contributed by atoms with Crippen LogP contribution >= 0.6 is 0 Å². The Kier molecular flexibility index (Phi) is 7.97. The molecule has 0 unspecified atom stereocenters. The summed E-state index contributed by atoms with van der Waals surface area (Å²) in [4.78, 5) is 50.0. The Hall–Kier alpha value is -3.75. The van der Waals surface area contributed by atoms with E-state index in [9.17, 15) is 14.4 Å². The molecule has 0 radical (unpaired) electrons. The van der Waals surface area contributed by atoms with Crippen molar-refractivity contribution in [3.63, 3.8) is 0 Å². The van der Waals surface area contributed by atoms with Gasteiger partial charge in [-0.25, -0.2) is 9.78 Å². The molecule has 0 aliphatic heterocycles. The molecule has 1 amide bonds. The lowest BCUT2D eigenvalue weighted by Gasteiger charge is -2.10.